The lowest BCUT2D eigenvalue weighted by atomic mass is 10.1. The van der Waals surface area contributed by atoms with Gasteiger partial charge in [-0.1, -0.05) is 6.07 Å². The zero-order chi connectivity index (χ0) is 12.9. The Kier molecular flexibility index (Phi) is 2.41. The quantitative estimate of drug-likeness (QED) is 0.845. The van der Waals surface area contributed by atoms with E-state index in [0.29, 0.717) is 12.2 Å². The van der Waals surface area contributed by atoms with E-state index in [4.69, 9.17) is 5.73 Å². The second-order valence-corrected chi connectivity index (χ2v) is 5.06. The number of halogens is 1. The summed E-state index contributed by atoms with van der Waals surface area (Å²) in [6.07, 6.45) is 0.445. The number of benzene rings is 1. The third-order valence-electron chi connectivity index (χ3n) is 3.18. The molecule has 1 aliphatic heterocycles. The van der Waals surface area contributed by atoms with Crippen molar-refractivity contribution in [3.63, 3.8) is 0 Å². The molecule has 0 saturated carbocycles. The Morgan fingerprint density at radius 1 is 1.50 bits per heavy atom. The van der Waals surface area contributed by atoms with Gasteiger partial charge in [0.1, 0.15) is 0 Å². The van der Waals surface area contributed by atoms with E-state index in [0.717, 1.165) is 27.0 Å². The molecule has 0 saturated heterocycles. The van der Waals surface area contributed by atoms with Crippen molar-refractivity contribution in [3.05, 3.63) is 28.2 Å². The molecular weight excluding hydrogens is 296 g/mol. The maximum Gasteiger partial charge on any atom is 0.231 e. The predicted molar refractivity (Wildman–Crippen MR) is 73.3 cm³/mol. The summed E-state index contributed by atoms with van der Waals surface area (Å²) in [6, 6.07) is 5.89. The van der Waals surface area contributed by atoms with Crippen LogP contribution in [0, 0.1) is 0 Å². The third kappa shape index (κ3) is 1.53. The lowest BCUT2D eigenvalue weighted by Gasteiger charge is -2.10. The maximum absolute atomic E-state index is 11.6. The maximum atomic E-state index is 11.6. The largest absolute Gasteiger partial charge is 0.381 e. The highest BCUT2D eigenvalue weighted by atomic mass is 79.9. The van der Waals surface area contributed by atoms with Gasteiger partial charge in [0.15, 0.2) is 5.82 Å². The third-order valence-corrected chi connectivity index (χ3v) is 3.98. The number of nitrogens with zero attached hydrogens (tertiary/aromatic N) is 2. The summed E-state index contributed by atoms with van der Waals surface area (Å²) in [5.41, 5.74) is 9.47. The predicted octanol–water partition coefficient (Wildman–Crippen LogP) is 1.94. The van der Waals surface area contributed by atoms with Gasteiger partial charge in [0.05, 0.1) is 16.6 Å². The minimum Gasteiger partial charge on any atom is -0.381 e. The Hall–Kier alpha value is -1.82. The summed E-state index contributed by atoms with van der Waals surface area (Å²) < 4.78 is 0.750. The van der Waals surface area contributed by atoms with E-state index in [1.807, 2.05) is 18.2 Å². The fourth-order valence-corrected chi connectivity index (χ4v) is 2.57. The lowest BCUT2D eigenvalue weighted by molar-refractivity contribution is -0.117. The molecular formula is C12H11BrN4O. The van der Waals surface area contributed by atoms with Crippen LogP contribution in [0.4, 0.5) is 11.5 Å². The van der Waals surface area contributed by atoms with E-state index in [2.05, 4.69) is 26.1 Å². The number of nitrogen functional groups attached to an aromatic ring is 1. The van der Waals surface area contributed by atoms with Crippen molar-refractivity contribution in [2.24, 2.45) is 0 Å². The van der Waals surface area contributed by atoms with Crippen LogP contribution in [0.1, 0.15) is 5.56 Å². The SMILES string of the molecule is CN1C(=O)Cc2cc(-c3[nH]nc(N)c3Br)ccc21. The van der Waals surface area contributed by atoms with Gasteiger partial charge in [-0.3, -0.25) is 9.89 Å². The molecule has 1 aromatic carbocycles. The summed E-state index contributed by atoms with van der Waals surface area (Å²) >= 11 is 3.40. The number of carbonyl (C=O) groups is 1. The second-order valence-electron chi connectivity index (χ2n) is 4.27. The number of nitrogens with two attached hydrogens (primary N) is 1. The molecule has 1 aromatic heterocycles. The average Bonchev–Trinajstić information content (AvgIpc) is 2.82. The summed E-state index contributed by atoms with van der Waals surface area (Å²) in [4.78, 5) is 13.3. The van der Waals surface area contributed by atoms with Gasteiger partial charge in [0, 0.05) is 18.3 Å². The number of hydrogen-bond acceptors (Lipinski definition) is 3. The van der Waals surface area contributed by atoms with Crippen LogP contribution < -0.4 is 10.6 Å². The van der Waals surface area contributed by atoms with Crippen molar-refractivity contribution in [3.8, 4) is 11.3 Å². The Morgan fingerprint density at radius 3 is 2.94 bits per heavy atom. The van der Waals surface area contributed by atoms with Crippen molar-refractivity contribution in [1.29, 1.82) is 0 Å². The van der Waals surface area contributed by atoms with Crippen molar-refractivity contribution < 1.29 is 4.79 Å². The standard InChI is InChI=1S/C12H11BrN4O/c1-17-8-3-2-6(4-7(8)5-9(17)18)11-10(13)12(14)16-15-11/h2-4H,5H2,1H3,(H3,14,15,16). The number of aromatic nitrogens is 2. The molecule has 0 unspecified atom stereocenters. The van der Waals surface area contributed by atoms with Crippen LogP contribution >= 0.6 is 15.9 Å². The zero-order valence-electron chi connectivity index (χ0n) is 9.70. The molecule has 0 radical (unpaired) electrons. The van der Waals surface area contributed by atoms with Gasteiger partial charge in [-0.05, 0) is 33.6 Å². The van der Waals surface area contributed by atoms with Gasteiger partial charge in [0.25, 0.3) is 0 Å². The molecule has 92 valence electrons. The first-order chi connectivity index (χ1) is 8.58. The molecule has 1 amide bonds. The molecule has 6 heteroatoms. The number of hydrogen-bond donors (Lipinski definition) is 2. The molecule has 3 N–H and O–H groups in total. The number of anilines is 2. The minimum atomic E-state index is 0.116. The Labute approximate surface area is 112 Å². The number of aromatic amines is 1. The zero-order valence-corrected chi connectivity index (χ0v) is 11.3. The van der Waals surface area contributed by atoms with E-state index in [1.54, 1.807) is 11.9 Å². The van der Waals surface area contributed by atoms with E-state index < -0.39 is 0 Å². The molecule has 1 aliphatic rings. The Balaban J connectivity index is 2.10. The van der Waals surface area contributed by atoms with E-state index >= 15 is 0 Å². The number of nitrogens with one attached hydrogen (secondary N) is 1. The van der Waals surface area contributed by atoms with Crippen molar-refractivity contribution in [2.75, 3.05) is 17.7 Å². The summed E-state index contributed by atoms with van der Waals surface area (Å²) in [7, 11) is 1.79. The van der Waals surface area contributed by atoms with Crippen molar-refractivity contribution in [2.45, 2.75) is 6.42 Å². The van der Waals surface area contributed by atoms with Gasteiger partial charge in [-0.15, -0.1) is 0 Å². The summed E-state index contributed by atoms with van der Waals surface area (Å²) in [6.45, 7) is 0. The monoisotopic (exact) mass is 306 g/mol. The first-order valence-electron chi connectivity index (χ1n) is 5.47. The van der Waals surface area contributed by atoms with E-state index in [-0.39, 0.29) is 5.91 Å². The first kappa shape index (κ1) is 11.3. The molecule has 5 nitrogen and oxygen atoms in total. The highest BCUT2D eigenvalue weighted by molar-refractivity contribution is 9.10. The van der Waals surface area contributed by atoms with Crippen LogP contribution in [0.3, 0.4) is 0 Å². The average molecular weight is 307 g/mol. The number of H-pyrrole nitrogens is 1. The highest BCUT2D eigenvalue weighted by Crippen LogP contribution is 2.35. The van der Waals surface area contributed by atoms with Crippen LogP contribution in [-0.2, 0) is 11.2 Å². The van der Waals surface area contributed by atoms with Crippen LogP contribution in [-0.4, -0.2) is 23.2 Å². The first-order valence-corrected chi connectivity index (χ1v) is 6.26. The number of amides is 1. The topological polar surface area (TPSA) is 75.0 Å². The summed E-state index contributed by atoms with van der Waals surface area (Å²) in [5.74, 6) is 0.545. The van der Waals surface area contributed by atoms with E-state index in [9.17, 15) is 4.79 Å². The Bertz CT molecular complexity index is 650. The lowest BCUT2D eigenvalue weighted by Crippen LogP contribution is -2.20. The van der Waals surface area contributed by atoms with E-state index in [1.165, 1.54) is 0 Å². The smallest absolute Gasteiger partial charge is 0.231 e. The second kappa shape index (κ2) is 3.84. The minimum absolute atomic E-state index is 0.116. The van der Waals surface area contributed by atoms with Crippen LogP contribution in [0.25, 0.3) is 11.3 Å². The van der Waals surface area contributed by atoms with Crippen molar-refractivity contribution >= 4 is 33.3 Å². The number of rotatable bonds is 1. The van der Waals surface area contributed by atoms with Crippen LogP contribution in [0.15, 0.2) is 22.7 Å². The Morgan fingerprint density at radius 2 is 2.28 bits per heavy atom. The van der Waals surface area contributed by atoms with Crippen molar-refractivity contribution in [1.82, 2.24) is 10.2 Å². The molecule has 18 heavy (non-hydrogen) atoms. The molecule has 0 atom stereocenters. The molecule has 2 aromatic rings. The highest BCUT2D eigenvalue weighted by Gasteiger charge is 2.24. The molecule has 3 rings (SSSR count). The molecule has 2 heterocycles. The number of carbonyl (C=O) groups excluding carboxylic acids is 1. The normalized spacial score (nSPS) is 14.1. The summed E-state index contributed by atoms with van der Waals surface area (Å²) in [5, 5.41) is 6.83. The van der Waals surface area contributed by atoms with Crippen LogP contribution in [0.2, 0.25) is 0 Å². The van der Waals surface area contributed by atoms with Crippen LogP contribution in [0.5, 0.6) is 0 Å². The van der Waals surface area contributed by atoms with Gasteiger partial charge in [-0.2, -0.15) is 5.10 Å². The van der Waals surface area contributed by atoms with Gasteiger partial charge < -0.3 is 10.6 Å². The number of fused-ring (bicyclic) bond motifs is 1. The number of likely N-dealkylation sites (N-methyl/N-ethyl adjacent to an activating group) is 1. The fraction of sp³-hybridized carbons (Fsp3) is 0.167. The van der Waals surface area contributed by atoms with Gasteiger partial charge in [-0.25, -0.2) is 0 Å². The molecule has 0 bridgehead atoms. The molecule has 0 aliphatic carbocycles. The van der Waals surface area contributed by atoms with Gasteiger partial charge in [0.2, 0.25) is 5.91 Å². The fourth-order valence-electron chi connectivity index (χ4n) is 2.16. The molecule has 0 spiro atoms. The van der Waals surface area contributed by atoms with Gasteiger partial charge >= 0.3 is 0 Å². The molecule has 0 fully saturated rings.